The molecule has 0 atom stereocenters. The first-order valence-electron chi connectivity index (χ1n) is 6.35. The lowest BCUT2D eigenvalue weighted by Crippen LogP contribution is -2.42. The first kappa shape index (κ1) is 13.1. The first-order chi connectivity index (χ1) is 8.78. The Bertz CT molecular complexity index is 383. The van der Waals surface area contributed by atoms with Crippen LogP contribution in [0.5, 0.6) is 0 Å². The zero-order valence-electron chi connectivity index (χ0n) is 10.8. The summed E-state index contributed by atoms with van der Waals surface area (Å²) in [5.41, 5.74) is 2.30. The van der Waals surface area contributed by atoms with E-state index in [-0.39, 0.29) is 5.97 Å². The molecule has 0 amide bonds. The maximum atomic E-state index is 11.1. The van der Waals surface area contributed by atoms with Crippen LogP contribution in [0.3, 0.4) is 0 Å². The molecule has 0 bridgehead atoms. The molecule has 1 aromatic rings. The Balaban J connectivity index is 1.88. The van der Waals surface area contributed by atoms with Crippen LogP contribution in [0.25, 0.3) is 0 Å². The number of nitrogens with one attached hydrogen (secondary N) is 1. The molecule has 0 saturated carbocycles. The molecule has 1 aromatic carbocycles. The summed E-state index contributed by atoms with van der Waals surface area (Å²) in [6.07, 6.45) is 0.352. The molecule has 2 rings (SSSR count). The van der Waals surface area contributed by atoms with E-state index >= 15 is 0 Å². The molecular weight excluding hydrogens is 228 g/mol. The van der Waals surface area contributed by atoms with Gasteiger partial charge in [-0.15, -0.1) is 0 Å². The van der Waals surface area contributed by atoms with Gasteiger partial charge in [0.25, 0.3) is 0 Å². The minimum atomic E-state index is -0.190. The minimum Gasteiger partial charge on any atom is -0.469 e. The number of nitrogens with zero attached hydrogens (tertiary/aromatic N) is 1. The van der Waals surface area contributed by atoms with Crippen LogP contribution < -0.4 is 5.32 Å². The van der Waals surface area contributed by atoms with Crippen LogP contribution in [-0.2, 0) is 22.5 Å². The van der Waals surface area contributed by atoms with Crippen LogP contribution in [0, 0.1) is 0 Å². The quantitative estimate of drug-likeness (QED) is 0.801. The summed E-state index contributed by atoms with van der Waals surface area (Å²) in [7, 11) is 1.42. The molecule has 1 saturated heterocycles. The Morgan fingerprint density at radius 2 is 1.83 bits per heavy atom. The van der Waals surface area contributed by atoms with E-state index < -0.39 is 0 Å². The molecule has 1 heterocycles. The van der Waals surface area contributed by atoms with Crippen molar-refractivity contribution >= 4 is 5.97 Å². The second-order valence-corrected chi connectivity index (χ2v) is 4.60. The summed E-state index contributed by atoms with van der Waals surface area (Å²) in [5.74, 6) is -0.190. The summed E-state index contributed by atoms with van der Waals surface area (Å²) in [5, 5.41) is 3.34. The maximum Gasteiger partial charge on any atom is 0.309 e. The largest absolute Gasteiger partial charge is 0.469 e. The lowest BCUT2D eigenvalue weighted by Gasteiger charge is -2.27. The van der Waals surface area contributed by atoms with Gasteiger partial charge in [-0.2, -0.15) is 0 Å². The molecule has 0 radical (unpaired) electrons. The number of methoxy groups -OCH3 is 1. The van der Waals surface area contributed by atoms with Crippen molar-refractivity contribution in [1.82, 2.24) is 10.2 Å². The molecule has 1 fully saturated rings. The molecule has 0 unspecified atom stereocenters. The fourth-order valence-corrected chi connectivity index (χ4v) is 2.13. The average molecular weight is 248 g/mol. The fourth-order valence-electron chi connectivity index (χ4n) is 2.13. The highest BCUT2D eigenvalue weighted by atomic mass is 16.5. The molecule has 1 N–H and O–H groups in total. The van der Waals surface area contributed by atoms with Crippen LogP contribution in [0.4, 0.5) is 0 Å². The number of hydrogen-bond acceptors (Lipinski definition) is 4. The van der Waals surface area contributed by atoms with E-state index in [0.29, 0.717) is 6.42 Å². The smallest absolute Gasteiger partial charge is 0.309 e. The van der Waals surface area contributed by atoms with Gasteiger partial charge in [0.2, 0.25) is 0 Å². The number of carbonyl (C=O) groups is 1. The Kier molecular flexibility index (Phi) is 4.73. The summed E-state index contributed by atoms with van der Waals surface area (Å²) in [4.78, 5) is 13.6. The van der Waals surface area contributed by atoms with Crippen molar-refractivity contribution in [2.24, 2.45) is 0 Å². The van der Waals surface area contributed by atoms with Crippen molar-refractivity contribution in [2.75, 3.05) is 33.3 Å². The number of esters is 1. The third-order valence-electron chi connectivity index (χ3n) is 3.21. The van der Waals surface area contributed by atoms with E-state index in [1.54, 1.807) is 0 Å². The third-order valence-corrected chi connectivity index (χ3v) is 3.21. The summed E-state index contributed by atoms with van der Waals surface area (Å²) in [6, 6.07) is 8.21. The summed E-state index contributed by atoms with van der Waals surface area (Å²) < 4.78 is 4.65. The average Bonchev–Trinajstić information content (AvgIpc) is 2.42. The molecular formula is C14H20N2O2. The monoisotopic (exact) mass is 248 g/mol. The van der Waals surface area contributed by atoms with Gasteiger partial charge >= 0.3 is 5.97 Å². The zero-order valence-corrected chi connectivity index (χ0v) is 10.8. The lowest BCUT2D eigenvalue weighted by atomic mass is 10.1. The van der Waals surface area contributed by atoms with Gasteiger partial charge in [-0.05, 0) is 11.1 Å². The fraction of sp³-hybridized carbons (Fsp3) is 0.500. The number of benzene rings is 1. The van der Waals surface area contributed by atoms with Crippen molar-refractivity contribution in [3.05, 3.63) is 35.4 Å². The highest BCUT2D eigenvalue weighted by Crippen LogP contribution is 2.09. The van der Waals surface area contributed by atoms with Crippen molar-refractivity contribution < 1.29 is 9.53 Å². The normalized spacial score (nSPS) is 16.5. The SMILES string of the molecule is COC(=O)Cc1ccc(CN2CCNCC2)cc1. The molecule has 4 heteroatoms. The molecule has 98 valence electrons. The topological polar surface area (TPSA) is 41.6 Å². The summed E-state index contributed by atoms with van der Waals surface area (Å²) >= 11 is 0. The Labute approximate surface area is 108 Å². The number of rotatable bonds is 4. The second kappa shape index (κ2) is 6.52. The molecule has 0 aromatic heterocycles. The Morgan fingerprint density at radius 3 is 2.44 bits per heavy atom. The second-order valence-electron chi connectivity index (χ2n) is 4.60. The van der Waals surface area contributed by atoms with Crippen LogP contribution >= 0.6 is 0 Å². The maximum absolute atomic E-state index is 11.1. The van der Waals surface area contributed by atoms with Crippen molar-refractivity contribution in [3.8, 4) is 0 Å². The van der Waals surface area contributed by atoms with Gasteiger partial charge in [0.1, 0.15) is 0 Å². The van der Waals surface area contributed by atoms with Crippen LogP contribution in [0.2, 0.25) is 0 Å². The molecule has 0 aliphatic carbocycles. The first-order valence-corrected chi connectivity index (χ1v) is 6.35. The van der Waals surface area contributed by atoms with E-state index in [4.69, 9.17) is 0 Å². The molecule has 4 nitrogen and oxygen atoms in total. The molecule has 0 spiro atoms. The standard InChI is InChI=1S/C14H20N2O2/c1-18-14(17)10-12-2-4-13(5-3-12)11-16-8-6-15-7-9-16/h2-5,15H,6-11H2,1H3. The zero-order chi connectivity index (χ0) is 12.8. The van der Waals surface area contributed by atoms with Crippen molar-refractivity contribution in [1.29, 1.82) is 0 Å². The van der Waals surface area contributed by atoms with E-state index in [1.807, 2.05) is 12.1 Å². The van der Waals surface area contributed by atoms with Crippen molar-refractivity contribution in [3.63, 3.8) is 0 Å². The molecule has 18 heavy (non-hydrogen) atoms. The third kappa shape index (κ3) is 3.82. The van der Waals surface area contributed by atoms with Gasteiger partial charge in [0.05, 0.1) is 13.5 Å². The van der Waals surface area contributed by atoms with Crippen molar-refractivity contribution in [2.45, 2.75) is 13.0 Å². The Hall–Kier alpha value is -1.39. The van der Waals surface area contributed by atoms with Crippen LogP contribution in [-0.4, -0.2) is 44.2 Å². The van der Waals surface area contributed by atoms with Gasteiger partial charge in [-0.25, -0.2) is 0 Å². The van der Waals surface area contributed by atoms with E-state index in [0.717, 1.165) is 38.3 Å². The predicted octanol–water partition coefficient (Wildman–Crippen LogP) is 0.807. The van der Waals surface area contributed by atoms with E-state index in [2.05, 4.69) is 27.1 Å². The lowest BCUT2D eigenvalue weighted by molar-refractivity contribution is -0.139. The predicted molar refractivity (Wildman–Crippen MR) is 70.3 cm³/mol. The van der Waals surface area contributed by atoms with E-state index in [1.165, 1.54) is 12.7 Å². The highest BCUT2D eigenvalue weighted by molar-refractivity contribution is 5.72. The number of carbonyl (C=O) groups excluding carboxylic acids is 1. The summed E-state index contributed by atoms with van der Waals surface area (Å²) in [6.45, 7) is 5.33. The Morgan fingerprint density at radius 1 is 1.22 bits per heavy atom. The van der Waals surface area contributed by atoms with Gasteiger partial charge in [0, 0.05) is 32.7 Å². The number of piperazine rings is 1. The number of hydrogen-bond donors (Lipinski definition) is 1. The highest BCUT2D eigenvalue weighted by Gasteiger charge is 2.10. The number of ether oxygens (including phenoxy) is 1. The van der Waals surface area contributed by atoms with Gasteiger partial charge < -0.3 is 10.1 Å². The van der Waals surface area contributed by atoms with Gasteiger partial charge in [-0.3, -0.25) is 9.69 Å². The van der Waals surface area contributed by atoms with Gasteiger partial charge in [0.15, 0.2) is 0 Å². The van der Waals surface area contributed by atoms with Crippen LogP contribution in [0.15, 0.2) is 24.3 Å². The van der Waals surface area contributed by atoms with Gasteiger partial charge in [-0.1, -0.05) is 24.3 Å². The van der Waals surface area contributed by atoms with Crippen LogP contribution in [0.1, 0.15) is 11.1 Å². The molecule has 1 aliphatic heterocycles. The molecule has 1 aliphatic rings. The van der Waals surface area contributed by atoms with E-state index in [9.17, 15) is 4.79 Å². The minimum absolute atomic E-state index is 0.190.